The lowest BCUT2D eigenvalue weighted by Crippen LogP contribution is -2.51. The van der Waals surface area contributed by atoms with Crippen LogP contribution in [0.4, 0.5) is 4.79 Å². The van der Waals surface area contributed by atoms with E-state index in [0.29, 0.717) is 38.9 Å². The number of carbonyl (C=O) groups excluding carboxylic acids is 3. The first kappa shape index (κ1) is 55.0. The van der Waals surface area contributed by atoms with Crippen molar-refractivity contribution in [3.63, 3.8) is 0 Å². The first-order chi connectivity index (χ1) is 30.3. The maximum absolute atomic E-state index is 13.5. The van der Waals surface area contributed by atoms with E-state index >= 15 is 0 Å². The lowest BCUT2D eigenvalue weighted by atomic mass is 10.0. The topological polar surface area (TPSA) is 327 Å². The molecule has 0 aromatic carbocycles. The third-order valence-electron chi connectivity index (χ3n) is 10.5. The molecule has 23 nitrogen and oxygen atoms in total. The highest BCUT2D eigenvalue weighted by molar-refractivity contribution is 9.11. The van der Waals surface area contributed by atoms with Gasteiger partial charge in [0.1, 0.15) is 12.1 Å². The molecule has 2 aliphatic rings. The van der Waals surface area contributed by atoms with Crippen LogP contribution in [0.5, 0.6) is 0 Å². The number of aliphatic carboxylic acids is 6. The van der Waals surface area contributed by atoms with E-state index in [1.807, 2.05) is 17.1 Å². The van der Waals surface area contributed by atoms with Crippen molar-refractivity contribution in [2.75, 3.05) is 98.2 Å². The van der Waals surface area contributed by atoms with E-state index < -0.39 is 66.8 Å². The van der Waals surface area contributed by atoms with E-state index in [2.05, 4.69) is 31.9 Å². The van der Waals surface area contributed by atoms with Gasteiger partial charge in [0.2, 0.25) is 11.8 Å². The van der Waals surface area contributed by atoms with Gasteiger partial charge < -0.3 is 51.5 Å². The maximum Gasteiger partial charge on any atom is 0.326 e. The Bertz CT molecular complexity index is 1650. The molecule has 0 spiro atoms. The summed E-state index contributed by atoms with van der Waals surface area (Å²) in [6.07, 6.45) is 6.19. The monoisotopic (exact) mass is 974 g/mol. The van der Waals surface area contributed by atoms with Crippen molar-refractivity contribution in [1.29, 1.82) is 0 Å². The largest absolute Gasteiger partial charge is 0.481 e. The molecule has 2 rings (SSSR count). The van der Waals surface area contributed by atoms with Crippen molar-refractivity contribution >= 4 is 69.6 Å². The number of halogens is 1. The molecule has 1 fully saturated rings. The number of nitrogens with one attached hydrogen (secondary N) is 3. The first-order valence-corrected chi connectivity index (χ1v) is 22.0. The van der Waals surface area contributed by atoms with Crippen LogP contribution in [-0.2, 0) is 38.4 Å². The molecule has 1 saturated heterocycles. The Kier molecular flexibility index (Phi) is 25.8. The third-order valence-corrected chi connectivity index (χ3v) is 11.1. The molecule has 2 atom stereocenters. The second kappa shape index (κ2) is 30.1. The number of rotatable bonds is 27. The van der Waals surface area contributed by atoms with E-state index in [-0.39, 0.29) is 110 Å². The van der Waals surface area contributed by atoms with Crippen LogP contribution in [0, 0.1) is 0 Å². The standard InChI is InChI=1S/C40H63BrN8O15/c41-29-9-7-28(8-10-29)23-49(14-4-2-5-30(38(60)61)43-40(64)44-31(39(62)63)11-12-34(52)53)33(51)6-1-3-13-42-32(50)24-45-15-17-46(25-35(54)55)19-21-48(27-37(58)59)22-20-47(18-16-45)26-36(56)57/h7,9,30-31H,1-6,8,10-27H2,(H,42,50)(H,52,53)(H,54,55)(H,56,57)(H,58,59)(H,60,61)(H,62,63)(H2,43,44,64). The zero-order valence-corrected chi connectivity index (χ0v) is 37.5. The Morgan fingerprint density at radius 2 is 1.06 bits per heavy atom. The summed E-state index contributed by atoms with van der Waals surface area (Å²) < 4.78 is 1.03. The fourth-order valence-electron chi connectivity index (χ4n) is 6.95. The number of unbranched alkanes of at least 4 members (excludes halogenated alkanes) is 2. The number of hydrogen-bond donors (Lipinski definition) is 9. The van der Waals surface area contributed by atoms with Crippen molar-refractivity contribution in [1.82, 2.24) is 40.4 Å². The summed E-state index contributed by atoms with van der Waals surface area (Å²) in [7, 11) is 0. The molecule has 0 aromatic heterocycles. The number of urea groups is 1. The van der Waals surface area contributed by atoms with Crippen LogP contribution in [0.2, 0.25) is 0 Å². The van der Waals surface area contributed by atoms with Gasteiger partial charge in [0.15, 0.2) is 0 Å². The quantitative estimate of drug-likeness (QED) is 0.0482. The summed E-state index contributed by atoms with van der Waals surface area (Å²) >= 11 is 3.48. The van der Waals surface area contributed by atoms with Crippen molar-refractivity contribution < 1.29 is 73.8 Å². The van der Waals surface area contributed by atoms with Crippen LogP contribution < -0.4 is 16.0 Å². The van der Waals surface area contributed by atoms with Crippen LogP contribution >= 0.6 is 15.9 Å². The number of nitrogens with zero attached hydrogens (tertiary/aromatic N) is 5. The predicted octanol–water partition coefficient (Wildman–Crippen LogP) is -0.183. The second-order valence-corrected chi connectivity index (χ2v) is 16.7. The average molecular weight is 976 g/mol. The maximum atomic E-state index is 13.5. The Hall–Kier alpha value is -5.17. The second-order valence-electron chi connectivity index (χ2n) is 15.7. The highest BCUT2D eigenvalue weighted by Gasteiger charge is 2.26. The molecule has 9 N–H and O–H groups in total. The van der Waals surface area contributed by atoms with Crippen molar-refractivity contribution in [3.05, 3.63) is 22.2 Å². The van der Waals surface area contributed by atoms with Crippen LogP contribution in [-0.4, -0.2) is 219 Å². The fraction of sp³-hybridized carbons (Fsp3) is 0.675. The molecule has 0 saturated carbocycles. The Labute approximate surface area is 379 Å². The number of amides is 4. The molecule has 24 heteroatoms. The molecular formula is C40H63BrN8O15. The minimum Gasteiger partial charge on any atom is -0.481 e. The van der Waals surface area contributed by atoms with E-state index in [0.717, 1.165) is 22.9 Å². The number of carboxylic acids is 6. The van der Waals surface area contributed by atoms with Crippen LogP contribution in [0.3, 0.4) is 0 Å². The van der Waals surface area contributed by atoms with E-state index in [4.69, 9.17) is 5.11 Å². The molecule has 0 aromatic rings. The van der Waals surface area contributed by atoms with Gasteiger partial charge in [-0.25, -0.2) is 14.4 Å². The third kappa shape index (κ3) is 24.6. The summed E-state index contributed by atoms with van der Waals surface area (Å²) in [5.41, 5.74) is 1.03. The summed E-state index contributed by atoms with van der Waals surface area (Å²) in [6, 6.07) is -3.98. The van der Waals surface area contributed by atoms with Gasteiger partial charge in [0, 0.05) is 84.8 Å². The van der Waals surface area contributed by atoms with Gasteiger partial charge in [-0.15, -0.1) is 0 Å². The Morgan fingerprint density at radius 1 is 0.578 bits per heavy atom. The molecule has 1 aliphatic heterocycles. The van der Waals surface area contributed by atoms with Crippen LogP contribution in [0.25, 0.3) is 0 Å². The summed E-state index contributed by atoms with van der Waals surface area (Å²) in [5, 5.41) is 63.3. The number of carboxylic acid groups (broad SMARTS) is 6. The lowest BCUT2D eigenvalue weighted by Gasteiger charge is -2.32. The highest BCUT2D eigenvalue weighted by atomic mass is 79.9. The molecule has 64 heavy (non-hydrogen) atoms. The van der Waals surface area contributed by atoms with E-state index in [1.54, 1.807) is 19.6 Å². The highest BCUT2D eigenvalue weighted by Crippen LogP contribution is 2.23. The molecule has 2 unspecified atom stereocenters. The Morgan fingerprint density at radius 3 is 1.50 bits per heavy atom. The number of carbonyl (C=O) groups is 9. The molecule has 4 amide bonds. The first-order valence-electron chi connectivity index (χ1n) is 21.2. The Balaban J connectivity index is 1.95. The number of allylic oxidation sites excluding steroid dienone is 3. The zero-order valence-electron chi connectivity index (χ0n) is 36.0. The minimum atomic E-state index is -1.53. The molecule has 0 bridgehead atoms. The van der Waals surface area contributed by atoms with E-state index in [9.17, 15) is 68.7 Å². The SMILES string of the molecule is O=C(O)CCC(NC(=O)NC(CCCCN(CC1=CC=C(Br)CC1)C(=O)CCCCNC(=O)CN1CCN(CC(=O)O)CCN(CC(=O)O)CCN(CC(=O)O)CC1)C(=O)O)C(=O)O. The average Bonchev–Trinajstić information content (AvgIpc) is 3.20. The molecule has 0 radical (unpaired) electrons. The van der Waals surface area contributed by atoms with Gasteiger partial charge >= 0.3 is 41.8 Å². The van der Waals surface area contributed by atoms with Crippen molar-refractivity contribution in [2.45, 2.75) is 76.3 Å². The molecular weight excluding hydrogens is 912 g/mol. The molecule has 1 heterocycles. The van der Waals surface area contributed by atoms with Crippen molar-refractivity contribution in [3.8, 4) is 0 Å². The van der Waals surface area contributed by atoms with Gasteiger partial charge in [-0.1, -0.05) is 33.7 Å². The van der Waals surface area contributed by atoms with Gasteiger partial charge in [0.25, 0.3) is 0 Å². The zero-order chi connectivity index (χ0) is 47.6. The lowest BCUT2D eigenvalue weighted by molar-refractivity contribution is -0.141. The van der Waals surface area contributed by atoms with Gasteiger partial charge in [-0.2, -0.15) is 0 Å². The normalized spacial score (nSPS) is 17.0. The molecule has 360 valence electrons. The van der Waals surface area contributed by atoms with Crippen molar-refractivity contribution in [2.24, 2.45) is 0 Å². The smallest absolute Gasteiger partial charge is 0.326 e. The van der Waals surface area contributed by atoms with Gasteiger partial charge in [-0.3, -0.25) is 48.4 Å². The summed E-state index contributed by atoms with van der Waals surface area (Å²) in [5.74, 6) is -7.70. The summed E-state index contributed by atoms with van der Waals surface area (Å²) in [6.45, 7) is 2.14. The minimum absolute atomic E-state index is 0.0261. The van der Waals surface area contributed by atoms with E-state index in [1.165, 1.54) is 0 Å². The van der Waals surface area contributed by atoms with Gasteiger partial charge in [0.05, 0.1) is 26.2 Å². The van der Waals surface area contributed by atoms with Crippen LogP contribution in [0.15, 0.2) is 22.2 Å². The van der Waals surface area contributed by atoms with Crippen LogP contribution in [0.1, 0.15) is 64.2 Å². The predicted molar refractivity (Wildman–Crippen MR) is 232 cm³/mol. The fourth-order valence-corrected chi connectivity index (χ4v) is 7.28. The molecule has 1 aliphatic carbocycles. The van der Waals surface area contributed by atoms with Gasteiger partial charge in [-0.05, 0) is 55.8 Å². The number of hydrogen-bond acceptors (Lipinski definition) is 13. The summed E-state index contributed by atoms with van der Waals surface area (Å²) in [4.78, 5) is 116.